The zero-order valence-corrected chi connectivity index (χ0v) is 14.5. The molecule has 0 amide bonds. The highest BCUT2D eigenvalue weighted by Crippen LogP contribution is 2.42. The number of nitrogens with two attached hydrogens (primary N) is 1. The maximum atomic E-state index is 6.35. The molecule has 1 aromatic heterocycles. The van der Waals surface area contributed by atoms with Gasteiger partial charge in [-0.2, -0.15) is 0 Å². The highest BCUT2D eigenvalue weighted by Gasteiger charge is 2.30. The number of anilines is 1. The van der Waals surface area contributed by atoms with Crippen molar-refractivity contribution in [2.24, 2.45) is 0 Å². The second kappa shape index (κ2) is 5.53. The fourth-order valence-electron chi connectivity index (χ4n) is 2.45. The van der Waals surface area contributed by atoms with Crippen LogP contribution in [-0.2, 0) is 6.54 Å². The van der Waals surface area contributed by atoms with Gasteiger partial charge < -0.3 is 10.3 Å². The Morgan fingerprint density at radius 2 is 2.05 bits per heavy atom. The third-order valence-electron chi connectivity index (χ3n) is 3.62. The number of nitrogens with zero attached hydrogens (tertiary/aromatic N) is 2. The van der Waals surface area contributed by atoms with Crippen molar-refractivity contribution in [3.8, 4) is 11.3 Å². The molecule has 0 bridgehead atoms. The molecule has 0 atom stereocenters. The second-order valence-electron chi connectivity index (χ2n) is 5.26. The molecule has 1 aliphatic rings. The van der Waals surface area contributed by atoms with Crippen molar-refractivity contribution in [2.45, 2.75) is 38.6 Å². The Balaban J connectivity index is 2.08. The highest BCUT2D eigenvalue weighted by molar-refractivity contribution is 9.13. The van der Waals surface area contributed by atoms with Crippen LogP contribution in [0.2, 0.25) is 0 Å². The molecule has 5 heteroatoms. The Morgan fingerprint density at radius 3 is 2.65 bits per heavy atom. The average molecular weight is 399 g/mol. The predicted molar refractivity (Wildman–Crippen MR) is 89.7 cm³/mol. The van der Waals surface area contributed by atoms with E-state index in [4.69, 9.17) is 10.7 Å². The van der Waals surface area contributed by atoms with Gasteiger partial charge in [0.25, 0.3) is 0 Å². The van der Waals surface area contributed by atoms with Crippen LogP contribution in [0.3, 0.4) is 0 Å². The largest absolute Gasteiger partial charge is 0.383 e. The molecule has 106 valence electrons. The molecule has 3 nitrogen and oxygen atoms in total. The SMILES string of the molecule is CCCn1c(C2CC2)nc(-c2ccc(Br)c(Br)c2)c1N. The van der Waals surface area contributed by atoms with Gasteiger partial charge in [0.1, 0.15) is 17.3 Å². The molecule has 0 spiro atoms. The smallest absolute Gasteiger partial charge is 0.131 e. The zero-order valence-electron chi connectivity index (χ0n) is 11.4. The number of imidazole rings is 1. The van der Waals surface area contributed by atoms with Gasteiger partial charge in [-0.15, -0.1) is 0 Å². The molecule has 0 radical (unpaired) electrons. The Kier molecular flexibility index (Phi) is 3.91. The van der Waals surface area contributed by atoms with E-state index in [1.54, 1.807) is 0 Å². The lowest BCUT2D eigenvalue weighted by molar-refractivity contribution is 0.646. The molecule has 1 aliphatic carbocycles. The first kappa shape index (κ1) is 14.1. The van der Waals surface area contributed by atoms with E-state index in [0.29, 0.717) is 5.92 Å². The van der Waals surface area contributed by atoms with Crippen molar-refractivity contribution in [1.29, 1.82) is 0 Å². The Hall–Kier alpha value is -0.810. The van der Waals surface area contributed by atoms with Gasteiger partial charge in [-0.25, -0.2) is 4.98 Å². The van der Waals surface area contributed by atoms with Crippen molar-refractivity contribution < 1.29 is 0 Å². The van der Waals surface area contributed by atoms with E-state index in [1.165, 1.54) is 18.7 Å². The highest BCUT2D eigenvalue weighted by atomic mass is 79.9. The second-order valence-corrected chi connectivity index (χ2v) is 6.97. The van der Waals surface area contributed by atoms with Gasteiger partial charge in [-0.3, -0.25) is 0 Å². The predicted octanol–water partition coefficient (Wildman–Crippen LogP) is 4.94. The summed E-state index contributed by atoms with van der Waals surface area (Å²) in [4.78, 5) is 4.83. The number of rotatable bonds is 4. The number of benzene rings is 1. The first-order valence-electron chi connectivity index (χ1n) is 6.93. The van der Waals surface area contributed by atoms with Gasteiger partial charge in [0, 0.05) is 27.0 Å². The van der Waals surface area contributed by atoms with Gasteiger partial charge in [0.2, 0.25) is 0 Å². The summed E-state index contributed by atoms with van der Waals surface area (Å²) in [5.74, 6) is 2.57. The number of hydrogen-bond donors (Lipinski definition) is 1. The number of halogens is 2. The third-order valence-corrected chi connectivity index (χ3v) is 5.50. The molecule has 0 unspecified atom stereocenters. The summed E-state index contributed by atoms with van der Waals surface area (Å²) in [7, 11) is 0. The van der Waals surface area contributed by atoms with E-state index >= 15 is 0 Å². The van der Waals surface area contributed by atoms with E-state index < -0.39 is 0 Å². The van der Waals surface area contributed by atoms with E-state index in [2.05, 4.69) is 55.5 Å². The van der Waals surface area contributed by atoms with Crippen LogP contribution in [-0.4, -0.2) is 9.55 Å². The monoisotopic (exact) mass is 397 g/mol. The lowest BCUT2D eigenvalue weighted by Crippen LogP contribution is -2.06. The molecule has 0 saturated heterocycles. The van der Waals surface area contributed by atoms with E-state index in [9.17, 15) is 0 Å². The van der Waals surface area contributed by atoms with Crippen LogP contribution in [0.25, 0.3) is 11.3 Å². The molecule has 2 aromatic rings. The standard InChI is InChI=1S/C15H17Br2N3/c1-2-7-20-14(18)13(19-15(20)9-3-4-9)10-5-6-11(16)12(17)8-10/h5-6,8-9H,2-4,7,18H2,1H3. The minimum absolute atomic E-state index is 0.608. The molecule has 3 rings (SSSR count). The maximum absolute atomic E-state index is 6.35. The zero-order chi connectivity index (χ0) is 14.3. The van der Waals surface area contributed by atoms with E-state index in [1.807, 2.05) is 6.07 Å². The molecule has 0 aliphatic heterocycles. The van der Waals surface area contributed by atoms with Crippen molar-refractivity contribution in [3.63, 3.8) is 0 Å². The van der Waals surface area contributed by atoms with E-state index in [-0.39, 0.29) is 0 Å². The summed E-state index contributed by atoms with van der Waals surface area (Å²) in [6, 6.07) is 6.14. The normalized spacial score (nSPS) is 14.8. The summed E-state index contributed by atoms with van der Waals surface area (Å²) in [6.45, 7) is 3.12. The Labute approximate surface area is 135 Å². The summed E-state index contributed by atoms with van der Waals surface area (Å²) in [6.07, 6.45) is 3.55. The first-order valence-corrected chi connectivity index (χ1v) is 8.51. The van der Waals surface area contributed by atoms with Crippen LogP contribution >= 0.6 is 31.9 Å². The van der Waals surface area contributed by atoms with Crippen LogP contribution in [0.5, 0.6) is 0 Å². The first-order chi connectivity index (χ1) is 9.61. The van der Waals surface area contributed by atoms with Gasteiger partial charge in [-0.05, 0) is 63.3 Å². The summed E-state index contributed by atoms with van der Waals surface area (Å²) >= 11 is 7.04. The lowest BCUT2D eigenvalue weighted by atomic mass is 10.1. The molecule has 2 N–H and O–H groups in total. The molecule has 1 aromatic carbocycles. The third kappa shape index (κ3) is 2.53. The molecular weight excluding hydrogens is 382 g/mol. The van der Waals surface area contributed by atoms with Crippen LogP contribution in [0.15, 0.2) is 27.1 Å². The topological polar surface area (TPSA) is 43.8 Å². The lowest BCUT2D eigenvalue weighted by Gasteiger charge is -2.07. The van der Waals surface area contributed by atoms with E-state index in [0.717, 1.165) is 39.0 Å². The molecule has 20 heavy (non-hydrogen) atoms. The minimum Gasteiger partial charge on any atom is -0.383 e. The minimum atomic E-state index is 0.608. The fourth-order valence-corrected chi connectivity index (χ4v) is 3.08. The van der Waals surface area contributed by atoms with Crippen molar-refractivity contribution in [1.82, 2.24) is 9.55 Å². The van der Waals surface area contributed by atoms with Crippen molar-refractivity contribution >= 4 is 37.7 Å². The maximum Gasteiger partial charge on any atom is 0.131 e. The molecule has 1 heterocycles. The number of hydrogen-bond acceptors (Lipinski definition) is 2. The van der Waals surface area contributed by atoms with Crippen LogP contribution in [0.4, 0.5) is 5.82 Å². The van der Waals surface area contributed by atoms with Crippen LogP contribution < -0.4 is 5.73 Å². The summed E-state index contributed by atoms with van der Waals surface area (Å²) in [5.41, 5.74) is 8.32. The molecule has 1 fully saturated rings. The van der Waals surface area contributed by atoms with Crippen molar-refractivity contribution in [3.05, 3.63) is 33.0 Å². The van der Waals surface area contributed by atoms with Gasteiger partial charge in [0.05, 0.1) is 0 Å². The summed E-state index contributed by atoms with van der Waals surface area (Å²) in [5, 5.41) is 0. The van der Waals surface area contributed by atoms with Gasteiger partial charge >= 0.3 is 0 Å². The van der Waals surface area contributed by atoms with Crippen molar-refractivity contribution in [2.75, 3.05) is 5.73 Å². The molecule has 1 saturated carbocycles. The average Bonchev–Trinajstić information content (AvgIpc) is 3.21. The number of aromatic nitrogens is 2. The van der Waals surface area contributed by atoms with Gasteiger partial charge in [0.15, 0.2) is 0 Å². The van der Waals surface area contributed by atoms with Crippen LogP contribution in [0, 0.1) is 0 Å². The summed E-state index contributed by atoms with van der Waals surface area (Å²) < 4.78 is 4.26. The Morgan fingerprint density at radius 1 is 1.30 bits per heavy atom. The number of nitrogen functional groups attached to an aromatic ring is 1. The van der Waals surface area contributed by atoms with Gasteiger partial charge in [-0.1, -0.05) is 13.0 Å². The quantitative estimate of drug-likeness (QED) is 0.792. The fraction of sp³-hybridized carbons (Fsp3) is 0.400. The van der Waals surface area contributed by atoms with Crippen LogP contribution in [0.1, 0.15) is 37.9 Å². The Bertz CT molecular complexity index is 645. The molecular formula is C15H17Br2N3.